The number of phenolic OH excluding ortho intramolecular Hbond substituents is 1. The third-order valence-corrected chi connectivity index (χ3v) is 7.58. The number of rotatable bonds is 3. The summed E-state index contributed by atoms with van der Waals surface area (Å²) in [4.78, 5) is -4.75. The van der Waals surface area contributed by atoms with Crippen LogP contribution in [0.3, 0.4) is 0 Å². The van der Waals surface area contributed by atoms with E-state index in [1.807, 2.05) is 0 Å². The molecule has 4 aromatic rings. The molecule has 0 spiro atoms. The van der Waals surface area contributed by atoms with Gasteiger partial charge in [0.15, 0.2) is 0 Å². The summed E-state index contributed by atoms with van der Waals surface area (Å²) in [5.74, 6) is -0.791. The summed E-state index contributed by atoms with van der Waals surface area (Å²) in [7, 11) is -16.6. The molecule has 0 unspecified atom stereocenters. The molecule has 4 N–H and O–H groups in total. The molecule has 0 saturated carbocycles. The fourth-order valence-electron chi connectivity index (χ4n) is 3.63. The van der Waals surface area contributed by atoms with Crippen molar-refractivity contribution in [2.75, 3.05) is 0 Å². The topological polar surface area (TPSA) is 183 Å². The molecule has 0 aliphatic rings. The molecule has 158 valence electrons. The predicted molar refractivity (Wildman–Crippen MR) is 123 cm³/mol. The van der Waals surface area contributed by atoms with E-state index >= 15 is 0 Å². The summed E-state index contributed by atoms with van der Waals surface area (Å²) in [5, 5.41) is 10.1. The van der Waals surface area contributed by atoms with Crippen LogP contribution in [0.25, 0.3) is 32.3 Å². The molecule has 4 rings (SSSR count). The van der Waals surface area contributed by atoms with E-state index in [4.69, 9.17) is 0 Å². The zero-order valence-electron chi connectivity index (χ0n) is 13.9. The van der Waals surface area contributed by atoms with Gasteiger partial charge in [-0.2, -0.15) is 25.3 Å². The maximum absolute atomic E-state index is 12.1. The second-order valence-electron chi connectivity index (χ2n) is 6.25. The molecule has 0 aliphatic carbocycles. The van der Waals surface area contributed by atoms with Crippen molar-refractivity contribution in [3.05, 3.63) is 36.4 Å². The molecule has 0 fully saturated rings. The van der Waals surface area contributed by atoms with Crippen molar-refractivity contribution >= 4 is 151 Å². The van der Waals surface area contributed by atoms with Crippen LogP contribution in [0.4, 0.5) is 0 Å². The first kappa shape index (κ1) is 30.5. The van der Waals surface area contributed by atoms with E-state index in [0.29, 0.717) is 10.8 Å². The molecule has 0 amide bonds. The summed E-state index contributed by atoms with van der Waals surface area (Å²) in [5.41, 5.74) is 0. The van der Waals surface area contributed by atoms with E-state index in [1.54, 1.807) is 12.1 Å². The molecule has 0 radical (unpaired) electrons. The van der Waals surface area contributed by atoms with Gasteiger partial charge in [0, 0.05) is 16.2 Å². The van der Waals surface area contributed by atoms with E-state index in [1.165, 1.54) is 12.1 Å². The van der Waals surface area contributed by atoms with Gasteiger partial charge in [0.2, 0.25) is 0 Å². The second kappa shape index (κ2) is 9.84. The van der Waals surface area contributed by atoms with Gasteiger partial charge in [0.1, 0.15) is 20.4 Å². The molecule has 16 heteroatoms. The Hall–Kier alpha value is 0.450. The number of aromatic hydroxyl groups is 1. The van der Waals surface area contributed by atoms with Crippen LogP contribution in [-0.2, 0) is 30.4 Å². The zero-order chi connectivity index (χ0) is 21.5. The van der Waals surface area contributed by atoms with Crippen LogP contribution in [0.1, 0.15) is 0 Å². The molecule has 0 aliphatic heterocycles. The molecule has 0 heterocycles. The van der Waals surface area contributed by atoms with Gasteiger partial charge in [0.25, 0.3) is 30.4 Å². The Kier molecular flexibility index (Phi) is 9.37. The Balaban J connectivity index is 0.00000171. The first-order valence-corrected chi connectivity index (χ1v) is 11.9. The number of benzene rings is 4. The fraction of sp³-hybridized carbons (Fsp3) is 0. The van der Waals surface area contributed by atoms with Gasteiger partial charge in [-0.05, 0) is 22.2 Å². The van der Waals surface area contributed by atoms with Gasteiger partial charge < -0.3 is 5.11 Å². The summed E-state index contributed by atoms with van der Waals surface area (Å²) in [6.07, 6.45) is 0. The summed E-state index contributed by atoms with van der Waals surface area (Å²) < 4.78 is 101. The van der Waals surface area contributed by atoms with Crippen LogP contribution in [-0.4, -0.2) is 133 Å². The van der Waals surface area contributed by atoms with Crippen molar-refractivity contribution in [2.24, 2.45) is 0 Å². The minimum absolute atomic E-state index is 0. The third kappa shape index (κ3) is 4.90. The van der Waals surface area contributed by atoms with Gasteiger partial charge in [-0.3, -0.25) is 13.7 Å². The van der Waals surface area contributed by atoms with E-state index in [9.17, 15) is 44.0 Å². The number of hydrogen-bond acceptors (Lipinski definition) is 7. The Labute approximate surface area is 248 Å². The Morgan fingerprint density at radius 2 is 1.06 bits per heavy atom. The molecular formula is C16H13Na3O10S3. The Morgan fingerprint density at radius 1 is 0.562 bits per heavy atom. The molecule has 0 aromatic heterocycles. The molecule has 0 atom stereocenters. The van der Waals surface area contributed by atoms with Crippen LogP contribution in [0.15, 0.2) is 51.1 Å². The Morgan fingerprint density at radius 3 is 1.56 bits per heavy atom. The van der Waals surface area contributed by atoms with E-state index in [0.717, 1.165) is 12.1 Å². The standard InChI is InChI=1S/C16H10O10S3.3Na.3H/c17-10-6-8-3-1-2-7-4-5-9-12(11(7)8)13(10)15(28(21,22)23)16(29(24,25)26)14(9)27(18,19)20;;;;;;/h1-6,17H,(H,18,19,20)(H,21,22,23)(H,24,25,26);;;;;;. The van der Waals surface area contributed by atoms with Crippen molar-refractivity contribution in [3.8, 4) is 5.75 Å². The monoisotopic (exact) mass is 530 g/mol. The van der Waals surface area contributed by atoms with E-state index < -0.39 is 61.6 Å². The first-order chi connectivity index (χ1) is 13.2. The Bertz CT molecular complexity index is 1680. The number of phenols is 1. The fourth-order valence-corrected chi connectivity index (χ4v) is 7.22. The van der Waals surface area contributed by atoms with Gasteiger partial charge in [-0.25, -0.2) is 0 Å². The summed E-state index contributed by atoms with van der Waals surface area (Å²) in [6.45, 7) is 0. The summed E-state index contributed by atoms with van der Waals surface area (Å²) >= 11 is 0. The second-order valence-corrected chi connectivity index (χ2v) is 10.3. The average Bonchev–Trinajstić information content (AvgIpc) is 2.56. The van der Waals surface area contributed by atoms with Crippen LogP contribution in [0, 0.1) is 0 Å². The van der Waals surface area contributed by atoms with E-state index in [2.05, 4.69) is 0 Å². The van der Waals surface area contributed by atoms with Crippen LogP contribution in [0.2, 0.25) is 0 Å². The van der Waals surface area contributed by atoms with Crippen LogP contribution >= 0.6 is 0 Å². The van der Waals surface area contributed by atoms with Gasteiger partial charge >= 0.3 is 88.7 Å². The molecule has 10 nitrogen and oxygen atoms in total. The van der Waals surface area contributed by atoms with Crippen LogP contribution in [0.5, 0.6) is 5.75 Å². The van der Waals surface area contributed by atoms with Gasteiger partial charge in [-0.1, -0.05) is 30.3 Å². The van der Waals surface area contributed by atoms with Crippen molar-refractivity contribution in [1.29, 1.82) is 0 Å². The molecule has 0 saturated heterocycles. The average molecular weight is 530 g/mol. The number of hydrogen-bond donors (Lipinski definition) is 4. The summed E-state index contributed by atoms with van der Waals surface area (Å²) in [6, 6.07) is 8.30. The molecular weight excluding hydrogens is 517 g/mol. The SMILES string of the molecule is O=S(=O)(O)c1c(S(=O)(=O)O)c2ccc3cccc4cc(O)c(c1S(=O)(=O)O)c2c34.[NaH].[NaH].[NaH]. The van der Waals surface area contributed by atoms with Crippen LogP contribution < -0.4 is 0 Å². The maximum atomic E-state index is 12.1. The molecule has 4 aromatic carbocycles. The first-order valence-electron chi connectivity index (χ1n) is 7.62. The van der Waals surface area contributed by atoms with Gasteiger partial charge in [0.05, 0.1) is 0 Å². The van der Waals surface area contributed by atoms with Crippen molar-refractivity contribution in [1.82, 2.24) is 0 Å². The normalized spacial score (nSPS) is 12.3. The molecule has 0 bridgehead atoms. The van der Waals surface area contributed by atoms with Gasteiger partial charge in [-0.15, -0.1) is 0 Å². The zero-order valence-corrected chi connectivity index (χ0v) is 16.4. The van der Waals surface area contributed by atoms with Crippen molar-refractivity contribution in [2.45, 2.75) is 14.7 Å². The quantitative estimate of drug-likeness (QED) is 0.161. The van der Waals surface area contributed by atoms with Crippen molar-refractivity contribution < 1.29 is 44.0 Å². The predicted octanol–water partition coefficient (Wildman–Crippen LogP) is 0.0842. The molecule has 32 heavy (non-hydrogen) atoms. The van der Waals surface area contributed by atoms with E-state index in [-0.39, 0.29) is 99.4 Å². The third-order valence-electron chi connectivity index (χ3n) is 4.53. The van der Waals surface area contributed by atoms with Crippen molar-refractivity contribution in [3.63, 3.8) is 0 Å². The minimum atomic E-state index is -5.63.